The Kier molecular flexibility index (Phi) is 6.44. The van der Waals surface area contributed by atoms with E-state index >= 15 is 0 Å². The molecule has 0 saturated heterocycles. The summed E-state index contributed by atoms with van der Waals surface area (Å²) in [6, 6.07) is 0. The van der Waals surface area contributed by atoms with Gasteiger partial charge in [-0.15, -0.1) is 11.3 Å². The average molecular weight is 314 g/mol. The fourth-order valence-corrected chi connectivity index (χ4v) is 2.89. The Morgan fingerprint density at radius 2 is 2.10 bits per heavy atom. The van der Waals surface area contributed by atoms with E-state index in [2.05, 4.69) is 5.32 Å². The molecule has 7 nitrogen and oxygen atoms in total. The maximum atomic E-state index is 12.1. The maximum Gasteiger partial charge on any atom is 0.263 e. The third-order valence-corrected chi connectivity index (χ3v) is 4.21. The second kappa shape index (κ2) is 7.84. The van der Waals surface area contributed by atoms with E-state index in [1.165, 1.54) is 0 Å². The molecule has 1 aromatic rings. The standard InChI is InChI=1S/C13H22N4O3S/c1-4-5-16-12(19)10-9(14)8(11(15)18)13(21-10)17(2)6-7-20-3/h4-7,14H2,1-3H3,(H2,15,18)(H,16,19). The molecule has 1 aromatic heterocycles. The molecule has 0 aliphatic heterocycles. The van der Waals surface area contributed by atoms with Crippen LogP contribution in [0.25, 0.3) is 0 Å². The average Bonchev–Trinajstić information content (AvgIpc) is 2.79. The van der Waals surface area contributed by atoms with E-state index in [4.69, 9.17) is 16.2 Å². The molecule has 0 atom stereocenters. The highest BCUT2D eigenvalue weighted by Gasteiger charge is 2.25. The Morgan fingerprint density at radius 1 is 1.43 bits per heavy atom. The van der Waals surface area contributed by atoms with Crippen LogP contribution in [0.4, 0.5) is 10.7 Å². The van der Waals surface area contributed by atoms with Crippen LogP contribution in [0.1, 0.15) is 33.4 Å². The number of thiophene rings is 1. The first-order valence-electron chi connectivity index (χ1n) is 6.64. The zero-order valence-corrected chi connectivity index (χ0v) is 13.4. The Labute approximate surface area is 128 Å². The smallest absolute Gasteiger partial charge is 0.263 e. The van der Waals surface area contributed by atoms with Crippen molar-refractivity contribution in [1.82, 2.24) is 5.32 Å². The Morgan fingerprint density at radius 3 is 2.62 bits per heavy atom. The van der Waals surface area contributed by atoms with Gasteiger partial charge in [0, 0.05) is 27.2 Å². The third-order valence-electron chi connectivity index (χ3n) is 2.89. The topological polar surface area (TPSA) is 111 Å². The number of nitrogen functional groups attached to an aromatic ring is 1. The first kappa shape index (κ1) is 17.3. The molecule has 118 valence electrons. The minimum Gasteiger partial charge on any atom is -0.397 e. The molecular formula is C13H22N4O3S. The summed E-state index contributed by atoms with van der Waals surface area (Å²) in [5.74, 6) is -0.925. The number of rotatable bonds is 8. The van der Waals surface area contributed by atoms with Gasteiger partial charge in [0.05, 0.1) is 17.9 Å². The van der Waals surface area contributed by atoms with Crippen LogP contribution in [0.2, 0.25) is 0 Å². The van der Waals surface area contributed by atoms with Crippen molar-refractivity contribution in [3.05, 3.63) is 10.4 Å². The van der Waals surface area contributed by atoms with Gasteiger partial charge in [0.25, 0.3) is 11.8 Å². The first-order valence-corrected chi connectivity index (χ1v) is 7.45. The van der Waals surface area contributed by atoms with Crippen LogP contribution in [0, 0.1) is 0 Å². The van der Waals surface area contributed by atoms with Crippen molar-refractivity contribution >= 4 is 33.8 Å². The lowest BCUT2D eigenvalue weighted by Gasteiger charge is -2.17. The molecule has 0 aliphatic rings. The highest BCUT2D eigenvalue weighted by Crippen LogP contribution is 2.37. The van der Waals surface area contributed by atoms with Gasteiger partial charge in [-0.1, -0.05) is 6.92 Å². The van der Waals surface area contributed by atoms with Crippen LogP contribution >= 0.6 is 11.3 Å². The largest absolute Gasteiger partial charge is 0.397 e. The molecule has 21 heavy (non-hydrogen) atoms. The minimum atomic E-state index is -0.641. The van der Waals surface area contributed by atoms with E-state index in [1.54, 1.807) is 19.1 Å². The number of hydrogen-bond donors (Lipinski definition) is 3. The molecule has 0 saturated carbocycles. The van der Waals surface area contributed by atoms with Gasteiger partial charge in [0.1, 0.15) is 9.88 Å². The number of anilines is 2. The van der Waals surface area contributed by atoms with Crippen LogP contribution in [0.15, 0.2) is 0 Å². The summed E-state index contributed by atoms with van der Waals surface area (Å²) in [4.78, 5) is 25.8. The summed E-state index contributed by atoms with van der Waals surface area (Å²) >= 11 is 1.16. The van der Waals surface area contributed by atoms with Gasteiger partial charge in [-0.25, -0.2) is 0 Å². The zero-order valence-electron chi connectivity index (χ0n) is 12.6. The third kappa shape index (κ3) is 4.08. The molecule has 0 aliphatic carbocycles. The number of carbonyl (C=O) groups excluding carboxylic acids is 2. The summed E-state index contributed by atoms with van der Waals surface area (Å²) in [5, 5.41) is 3.33. The molecule has 0 spiro atoms. The van der Waals surface area contributed by atoms with Crippen molar-refractivity contribution in [1.29, 1.82) is 0 Å². The van der Waals surface area contributed by atoms with Crippen LogP contribution in [0.5, 0.6) is 0 Å². The van der Waals surface area contributed by atoms with Crippen molar-refractivity contribution in [2.45, 2.75) is 13.3 Å². The number of nitrogens with zero attached hydrogens (tertiary/aromatic N) is 1. The highest BCUT2D eigenvalue weighted by molar-refractivity contribution is 7.19. The van der Waals surface area contributed by atoms with E-state index in [-0.39, 0.29) is 17.2 Å². The molecule has 0 aromatic carbocycles. The number of nitrogens with two attached hydrogens (primary N) is 2. The second-order valence-electron chi connectivity index (χ2n) is 4.56. The van der Waals surface area contributed by atoms with E-state index in [9.17, 15) is 9.59 Å². The van der Waals surface area contributed by atoms with E-state index in [0.717, 1.165) is 17.8 Å². The van der Waals surface area contributed by atoms with Gasteiger partial charge in [0.2, 0.25) is 0 Å². The molecule has 1 heterocycles. The van der Waals surface area contributed by atoms with Crippen LogP contribution in [0.3, 0.4) is 0 Å². The van der Waals surface area contributed by atoms with Crippen LogP contribution in [-0.2, 0) is 4.74 Å². The second-order valence-corrected chi connectivity index (χ2v) is 5.56. The Bertz CT molecular complexity index is 516. The molecule has 8 heteroatoms. The Hall–Kier alpha value is -1.80. The lowest BCUT2D eigenvalue weighted by molar-refractivity contribution is 0.0958. The van der Waals surface area contributed by atoms with E-state index < -0.39 is 5.91 Å². The van der Waals surface area contributed by atoms with E-state index in [1.807, 2.05) is 6.92 Å². The summed E-state index contributed by atoms with van der Waals surface area (Å²) < 4.78 is 5.01. The van der Waals surface area contributed by atoms with Crippen molar-refractivity contribution < 1.29 is 14.3 Å². The van der Waals surface area contributed by atoms with Crippen molar-refractivity contribution in [3.8, 4) is 0 Å². The number of ether oxygens (including phenoxy) is 1. The number of primary amides is 1. The fraction of sp³-hybridized carbons (Fsp3) is 0.538. The summed E-state index contributed by atoms with van der Waals surface area (Å²) in [6.07, 6.45) is 0.820. The predicted octanol–water partition coefficient (Wildman–Crippen LogP) is 0.652. The number of likely N-dealkylation sites (N-methyl/N-ethyl adjacent to an activating group) is 1. The maximum absolute atomic E-state index is 12.1. The molecule has 5 N–H and O–H groups in total. The van der Waals surface area contributed by atoms with Gasteiger partial charge in [0.15, 0.2) is 0 Å². The molecule has 1 rings (SSSR count). The molecule has 0 unspecified atom stereocenters. The lowest BCUT2D eigenvalue weighted by Crippen LogP contribution is -2.25. The van der Waals surface area contributed by atoms with Crippen molar-refractivity contribution in [3.63, 3.8) is 0 Å². The normalized spacial score (nSPS) is 10.4. The number of methoxy groups -OCH3 is 1. The highest BCUT2D eigenvalue weighted by atomic mass is 32.1. The van der Waals surface area contributed by atoms with Gasteiger partial charge >= 0.3 is 0 Å². The number of carbonyl (C=O) groups is 2. The number of amides is 2. The van der Waals surface area contributed by atoms with E-state index in [0.29, 0.717) is 29.6 Å². The summed E-state index contributed by atoms with van der Waals surface area (Å²) in [5.41, 5.74) is 11.7. The van der Waals surface area contributed by atoms with Gasteiger partial charge in [-0.2, -0.15) is 0 Å². The van der Waals surface area contributed by atoms with Crippen molar-refractivity contribution in [2.24, 2.45) is 5.73 Å². The molecule has 0 fully saturated rings. The van der Waals surface area contributed by atoms with Gasteiger partial charge in [-0.3, -0.25) is 9.59 Å². The number of hydrogen-bond acceptors (Lipinski definition) is 6. The summed E-state index contributed by atoms with van der Waals surface area (Å²) in [6.45, 7) is 3.56. The van der Waals surface area contributed by atoms with Crippen molar-refractivity contribution in [2.75, 3.05) is 44.5 Å². The summed E-state index contributed by atoms with van der Waals surface area (Å²) in [7, 11) is 3.39. The van der Waals surface area contributed by atoms with Crippen LogP contribution in [-0.4, -0.2) is 45.7 Å². The quantitative estimate of drug-likeness (QED) is 0.652. The number of nitrogens with one attached hydrogen (secondary N) is 1. The first-order chi connectivity index (χ1) is 9.93. The monoisotopic (exact) mass is 314 g/mol. The molecule has 0 bridgehead atoms. The van der Waals surface area contributed by atoms with Gasteiger partial charge in [-0.05, 0) is 6.42 Å². The SMILES string of the molecule is CCCNC(=O)c1sc(N(C)CCOC)c(C(N)=O)c1N. The van der Waals surface area contributed by atoms with Gasteiger partial charge < -0.3 is 26.4 Å². The minimum absolute atomic E-state index is 0.139. The fourth-order valence-electron chi connectivity index (χ4n) is 1.76. The zero-order chi connectivity index (χ0) is 16.0. The Balaban J connectivity index is 3.13. The van der Waals surface area contributed by atoms with Crippen LogP contribution < -0.4 is 21.7 Å². The molecular weight excluding hydrogens is 292 g/mol. The lowest BCUT2D eigenvalue weighted by atomic mass is 10.2. The molecule has 2 amide bonds. The predicted molar refractivity (Wildman–Crippen MR) is 85.0 cm³/mol. The molecule has 0 radical (unpaired) electrons.